The molecule has 0 saturated heterocycles. The van der Waals surface area contributed by atoms with Crippen LogP contribution in [0.2, 0.25) is 0 Å². The van der Waals surface area contributed by atoms with Crippen LogP contribution in [0.5, 0.6) is 0 Å². The van der Waals surface area contributed by atoms with Crippen molar-refractivity contribution in [1.29, 1.82) is 0 Å². The molecule has 0 spiro atoms. The van der Waals surface area contributed by atoms with E-state index >= 15 is 0 Å². The van der Waals surface area contributed by atoms with Gasteiger partial charge < -0.3 is 5.32 Å². The van der Waals surface area contributed by atoms with Crippen LogP contribution in [0, 0.1) is 5.92 Å². The first-order chi connectivity index (χ1) is 8.50. The van der Waals surface area contributed by atoms with Gasteiger partial charge in [0.05, 0.1) is 5.56 Å². The first-order valence-corrected chi connectivity index (χ1v) is 6.43. The number of nitrogens with one attached hydrogen (secondary N) is 1. The van der Waals surface area contributed by atoms with Crippen molar-refractivity contribution in [2.75, 3.05) is 5.32 Å². The van der Waals surface area contributed by atoms with Crippen LogP contribution in [0.25, 0.3) is 0 Å². The fourth-order valence-electron chi connectivity index (χ4n) is 2.16. The molecule has 1 unspecified atom stereocenters. The van der Waals surface area contributed by atoms with Gasteiger partial charge in [-0.05, 0) is 30.9 Å². The Kier molecular flexibility index (Phi) is 3.83. The van der Waals surface area contributed by atoms with E-state index < -0.39 is 11.7 Å². The third-order valence-corrected chi connectivity index (χ3v) is 3.40. The molecule has 0 aliphatic heterocycles. The lowest BCUT2D eigenvalue weighted by Crippen LogP contribution is -2.21. The maximum Gasteiger partial charge on any atom is 0.418 e. The van der Waals surface area contributed by atoms with E-state index in [2.05, 4.69) is 5.32 Å². The highest BCUT2D eigenvalue weighted by atomic mass is 19.4. The van der Waals surface area contributed by atoms with Gasteiger partial charge in [0.15, 0.2) is 0 Å². The van der Waals surface area contributed by atoms with Crippen molar-refractivity contribution >= 4 is 5.69 Å². The van der Waals surface area contributed by atoms with Gasteiger partial charge in [-0.1, -0.05) is 31.9 Å². The minimum atomic E-state index is -4.29. The summed E-state index contributed by atoms with van der Waals surface area (Å²) in [6.45, 7) is 2.01. The third kappa shape index (κ3) is 3.40. The number of alkyl halides is 3. The molecule has 0 amide bonds. The minimum Gasteiger partial charge on any atom is -0.382 e. The van der Waals surface area contributed by atoms with Crippen LogP contribution in [0.3, 0.4) is 0 Å². The highest BCUT2D eigenvalue weighted by molar-refractivity contribution is 5.53. The summed E-state index contributed by atoms with van der Waals surface area (Å²) >= 11 is 0. The Labute approximate surface area is 105 Å². The van der Waals surface area contributed by atoms with E-state index in [1.807, 2.05) is 6.92 Å². The quantitative estimate of drug-likeness (QED) is 0.806. The van der Waals surface area contributed by atoms with Gasteiger partial charge in [-0.15, -0.1) is 0 Å². The molecule has 18 heavy (non-hydrogen) atoms. The van der Waals surface area contributed by atoms with Gasteiger partial charge in [0, 0.05) is 11.7 Å². The van der Waals surface area contributed by atoms with Crippen LogP contribution in [0.4, 0.5) is 18.9 Å². The number of benzene rings is 1. The first-order valence-electron chi connectivity index (χ1n) is 6.43. The Morgan fingerprint density at radius 2 is 1.94 bits per heavy atom. The summed E-state index contributed by atoms with van der Waals surface area (Å²) in [5.41, 5.74) is -0.364. The Hall–Kier alpha value is -1.19. The molecule has 1 fully saturated rings. The second kappa shape index (κ2) is 5.21. The second-order valence-electron chi connectivity index (χ2n) is 4.97. The van der Waals surface area contributed by atoms with Crippen molar-refractivity contribution in [3.63, 3.8) is 0 Å². The monoisotopic (exact) mass is 257 g/mol. The van der Waals surface area contributed by atoms with Crippen molar-refractivity contribution < 1.29 is 13.2 Å². The highest BCUT2D eigenvalue weighted by Crippen LogP contribution is 2.37. The van der Waals surface area contributed by atoms with Crippen LogP contribution in [-0.2, 0) is 6.18 Å². The van der Waals surface area contributed by atoms with Gasteiger partial charge in [0.1, 0.15) is 0 Å². The smallest absolute Gasteiger partial charge is 0.382 e. The molecule has 1 aromatic carbocycles. The predicted octanol–water partition coefficient (Wildman–Crippen LogP) is 4.70. The average Bonchev–Trinajstić information content (AvgIpc) is 3.11. The van der Waals surface area contributed by atoms with Gasteiger partial charge in [-0.3, -0.25) is 0 Å². The summed E-state index contributed by atoms with van der Waals surface area (Å²) in [6.07, 6.45) is -0.0228. The number of halogens is 3. The molecule has 1 nitrogen and oxygen atoms in total. The van der Waals surface area contributed by atoms with E-state index in [9.17, 15) is 13.2 Å². The first kappa shape index (κ1) is 13.2. The van der Waals surface area contributed by atoms with Crippen molar-refractivity contribution in [3.05, 3.63) is 29.8 Å². The molecular formula is C14H18F3N. The molecular weight excluding hydrogens is 239 g/mol. The molecule has 1 aromatic rings. The molecule has 0 bridgehead atoms. The van der Waals surface area contributed by atoms with Crippen molar-refractivity contribution in [3.8, 4) is 0 Å². The normalized spacial score (nSPS) is 17.6. The molecule has 100 valence electrons. The van der Waals surface area contributed by atoms with Crippen molar-refractivity contribution in [2.45, 2.75) is 44.8 Å². The highest BCUT2D eigenvalue weighted by Gasteiger charge is 2.34. The third-order valence-electron chi connectivity index (χ3n) is 3.40. The Bertz CT molecular complexity index is 396. The zero-order valence-corrected chi connectivity index (χ0v) is 10.4. The number of hydrogen-bond acceptors (Lipinski definition) is 1. The van der Waals surface area contributed by atoms with Crippen LogP contribution in [-0.4, -0.2) is 6.04 Å². The second-order valence-corrected chi connectivity index (χ2v) is 4.97. The topological polar surface area (TPSA) is 12.0 Å². The van der Waals surface area contributed by atoms with E-state index in [4.69, 9.17) is 0 Å². The summed E-state index contributed by atoms with van der Waals surface area (Å²) in [5, 5.41) is 3.06. The lowest BCUT2D eigenvalue weighted by Gasteiger charge is -2.21. The number of anilines is 1. The summed E-state index contributed by atoms with van der Waals surface area (Å²) < 4.78 is 38.5. The van der Waals surface area contributed by atoms with E-state index in [0.717, 1.165) is 18.9 Å². The van der Waals surface area contributed by atoms with E-state index in [-0.39, 0.29) is 11.7 Å². The van der Waals surface area contributed by atoms with Gasteiger partial charge in [0.2, 0.25) is 0 Å². The van der Waals surface area contributed by atoms with Crippen LogP contribution >= 0.6 is 0 Å². The van der Waals surface area contributed by atoms with Crippen LogP contribution in [0.1, 0.15) is 38.2 Å². The largest absolute Gasteiger partial charge is 0.418 e. The molecule has 2 rings (SSSR count). The number of hydrogen-bond donors (Lipinski definition) is 1. The van der Waals surface area contributed by atoms with Gasteiger partial charge >= 0.3 is 6.18 Å². The lowest BCUT2D eigenvalue weighted by molar-refractivity contribution is -0.137. The summed E-state index contributed by atoms with van der Waals surface area (Å²) in [4.78, 5) is 0. The fraction of sp³-hybridized carbons (Fsp3) is 0.571. The molecule has 4 heteroatoms. The maximum atomic E-state index is 12.8. The summed E-state index contributed by atoms with van der Waals surface area (Å²) in [6, 6.07) is 5.85. The summed E-state index contributed by atoms with van der Waals surface area (Å²) in [5.74, 6) is 0.709. The molecule has 1 aliphatic carbocycles. The van der Waals surface area contributed by atoms with Crippen molar-refractivity contribution in [2.24, 2.45) is 5.92 Å². The Morgan fingerprint density at radius 3 is 2.50 bits per heavy atom. The maximum absolute atomic E-state index is 12.8. The van der Waals surface area contributed by atoms with Gasteiger partial charge in [-0.2, -0.15) is 13.2 Å². The lowest BCUT2D eigenvalue weighted by atomic mass is 10.1. The zero-order valence-electron chi connectivity index (χ0n) is 10.4. The fourth-order valence-corrected chi connectivity index (χ4v) is 2.16. The molecule has 1 saturated carbocycles. The van der Waals surface area contributed by atoms with Crippen LogP contribution in [0.15, 0.2) is 24.3 Å². The molecule has 0 heterocycles. The molecule has 0 radical (unpaired) electrons. The zero-order chi connectivity index (χ0) is 13.2. The average molecular weight is 257 g/mol. The number of para-hydroxylation sites is 1. The predicted molar refractivity (Wildman–Crippen MR) is 66.5 cm³/mol. The van der Waals surface area contributed by atoms with E-state index in [1.54, 1.807) is 6.07 Å². The van der Waals surface area contributed by atoms with Crippen LogP contribution < -0.4 is 5.32 Å². The molecule has 1 aliphatic rings. The Morgan fingerprint density at radius 1 is 1.28 bits per heavy atom. The minimum absolute atomic E-state index is 0.140. The van der Waals surface area contributed by atoms with Gasteiger partial charge in [0.25, 0.3) is 0 Å². The summed E-state index contributed by atoms with van der Waals surface area (Å²) in [7, 11) is 0. The number of rotatable bonds is 5. The SMILES string of the molecule is CCC(CC1CC1)Nc1ccccc1C(F)(F)F. The molecule has 0 aromatic heterocycles. The molecule has 1 atom stereocenters. The van der Waals surface area contributed by atoms with Crippen molar-refractivity contribution in [1.82, 2.24) is 0 Å². The van der Waals surface area contributed by atoms with Gasteiger partial charge in [-0.25, -0.2) is 0 Å². The van der Waals surface area contributed by atoms with E-state index in [1.165, 1.54) is 25.0 Å². The Balaban J connectivity index is 2.11. The van der Waals surface area contributed by atoms with E-state index in [0.29, 0.717) is 5.92 Å². The standard InChI is InChI=1S/C14H18F3N/c1-2-11(9-10-7-8-10)18-13-6-4-3-5-12(13)14(15,16)17/h3-6,10-11,18H,2,7-9H2,1H3. The molecule has 1 N–H and O–H groups in total.